The lowest BCUT2D eigenvalue weighted by Gasteiger charge is -2.24. The first kappa shape index (κ1) is 29.2. The zero-order valence-corrected chi connectivity index (χ0v) is 27.6. The molecule has 0 spiro atoms. The second kappa shape index (κ2) is 12.0. The lowest BCUT2D eigenvalue weighted by molar-refractivity contribution is 0.669. The van der Waals surface area contributed by atoms with Crippen LogP contribution in [0.1, 0.15) is 22.9 Å². The monoisotopic (exact) mass is 653 g/mol. The van der Waals surface area contributed by atoms with Crippen LogP contribution in [-0.2, 0) is 0 Å². The molecule has 4 heteroatoms. The van der Waals surface area contributed by atoms with Gasteiger partial charge in [-0.2, -0.15) is 0 Å². The second-order valence-corrected chi connectivity index (χ2v) is 13.0. The highest BCUT2D eigenvalue weighted by molar-refractivity contribution is 6.23. The average Bonchev–Trinajstić information content (AvgIpc) is 3.60. The fourth-order valence-corrected chi connectivity index (χ4v) is 7.42. The van der Waals surface area contributed by atoms with E-state index in [1.165, 1.54) is 27.1 Å². The Hall–Kier alpha value is -6.78. The molecule has 4 nitrogen and oxygen atoms in total. The van der Waals surface area contributed by atoms with Crippen molar-refractivity contribution in [2.45, 2.75) is 6.17 Å². The van der Waals surface area contributed by atoms with E-state index in [0.29, 0.717) is 5.84 Å². The molecule has 1 aliphatic heterocycles. The van der Waals surface area contributed by atoms with E-state index in [9.17, 15) is 0 Å². The van der Waals surface area contributed by atoms with E-state index in [4.69, 9.17) is 14.4 Å². The fourth-order valence-electron chi connectivity index (χ4n) is 7.42. The first-order valence-corrected chi connectivity index (χ1v) is 17.3. The van der Waals surface area contributed by atoms with Crippen molar-refractivity contribution in [3.05, 3.63) is 193 Å². The number of benzene rings is 8. The summed E-state index contributed by atoms with van der Waals surface area (Å²) in [5, 5.41) is 10.6. The Balaban J connectivity index is 1.10. The summed E-state index contributed by atoms with van der Waals surface area (Å²) in [6.07, 6.45) is -0.335. The van der Waals surface area contributed by atoms with E-state index in [2.05, 4.69) is 151 Å². The molecule has 0 saturated carbocycles. The highest BCUT2D eigenvalue weighted by Gasteiger charge is 2.24. The summed E-state index contributed by atoms with van der Waals surface area (Å²) in [6.45, 7) is 0. The van der Waals surface area contributed by atoms with Crippen molar-refractivity contribution < 1.29 is 4.42 Å². The fraction of sp³-hybridized carbons (Fsp3) is 0.0213. The Morgan fingerprint density at radius 2 is 1.14 bits per heavy atom. The van der Waals surface area contributed by atoms with Crippen LogP contribution in [0.15, 0.2) is 190 Å². The molecular formula is C47H31N3O. The van der Waals surface area contributed by atoms with Gasteiger partial charge in [0.15, 0.2) is 5.84 Å². The molecule has 240 valence electrons. The number of hydrogen-bond donors (Lipinski definition) is 1. The SMILES string of the molecule is c1ccc(C2=NC(c3cccc4oc5c(-c6cccc7ccccc67)cccc5c34)=NC(c3ccc(-c4ccc5ccccc5c4)cc3)N2)cc1. The Bertz CT molecular complexity index is 2820. The molecular weight excluding hydrogens is 623 g/mol. The van der Waals surface area contributed by atoms with Gasteiger partial charge >= 0.3 is 0 Å². The molecule has 1 N–H and O–H groups in total. The summed E-state index contributed by atoms with van der Waals surface area (Å²) in [4.78, 5) is 10.4. The van der Waals surface area contributed by atoms with Crippen LogP contribution in [-0.4, -0.2) is 11.7 Å². The molecule has 9 aromatic rings. The highest BCUT2D eigenvalue weighted by Crippen LogP contribution is 2.40. The predicted octanol–water partition coefficient (Wildman–Crippen LogP) is 11.7. The quantitative estimate of drug-likeness (QED) is 0.201. The maximum atomic E-state index is 6.70. The molecule has 0 fully saturated rings. The van der Waals surface area contributed by atoms with Gasteiger partial charge in [0.05, 0.1) is 0 Å². The van der Waals surface area contributed by atoms with Crippen LogP contribution >= 0.6 is 0 Å². The second-order valence-electron chi connectivity index (χ2n) is 13.0. The number of rotatable bonds is 5. The summed E-state index contributed by atoms with van der Waals surface area (Å²) in [5.74, 6) is 1.45. The van der Waals surface area contributed by atoms with Crippen molar-refractivity contribution >= 4 is 55.2 Å². The van der Waals surface area contributed by atoms with E-state index in [1.54, 1.807) is 0 Å². The molecule has 1 unspecified atom stereocenters. The molecule has 51 heavy (non-hydrogen) atoms. The Labute approximate surface area is 295 Å². The van der Waals surface area contributed by atoms with Crippen molar-refractivity contribution in [3.63, 3.8) is 0 Å². The number of hydrogen-bond acceptors (Lipinski definition) is 4. The summed E-state index contributed by atoms with van der Waals surface area (Å²) < 4.78 is 6.70. The number of nitrogens with one attached hydrogen (secondary N) is 1. The van der Waals surface area contributed by atoms with Crippen LogP contribution in [0.3, 0.4) is 0 Å². The van der Waals surface area contributed by atoms with Gasteiger partial charge in [0.1, 0.15) is 23.2 Å². The van der Waals surface area contributed by atoms with Crippen LogP contribution in [0.25, 0.3) is 65.7 Å². The molecule has 10 rings (SSSR count). The Morgan fingerprint density at radius 1 is 0.471 bits per heavy atom. The van der Waals surface area contributed by atoms with Gasteiger partial charge in [-0.05, 0) is 55.9 Å². The third-order valence-electron chi connectivity index (χ3n) is 9.94. The number of amidine groups is 2. The van der Waals surface area contributed by atoms with Gasteiger partial charge in [0, 0.05) is 27.5 Å². The molecule has 8 aromatic carbocycles. The normalized spacial score (nSPS) is 14.5. The number of fused-ring (bicyclic) bond motifs is 5. The maximum absolute atomic E-state index is 6.70. The number of furan rings is 1. The zero-order chi connectivity index (χ0) is 33.7. The minimum Gasteiger partial charge on any atom is -0.455 e. The zero-order valence-electron chi connectivity index (χ0n) is 27.6. The molecule has 0 saturated heterocycles. The summed E-state index contributed by atoms with van der Waals surface area (Å²) in [6, 6.07) is 61.6. The molecule has 1 aliphatic rings. The summed E-state index contributed by atoms with van der Waals surface area (Å²) in [5.41, 5.74) is 9.24. The van der Waals surface area contributed by atoms with Crippen molar-refractivity contribution in [2.75, 3.05) is 0 Å². The Kier molecular flexibility index (Phi) is 6.85. The Morgan fingerprint density at radius 3 is 2.02 bits per heavy atom. The van der Waals surface area contributed by atoms with Gasteiger partial charge < -0.3 is 9.73 Å². The number of aliphatic imine (C=N–C) groups is 2. The maximum Gasteiger partial charge on any atom is 0.160 e. The van der Waals surface area contributed by atoms with E-state index in [-0.39, 0.29) is 6.17 Å². The van der Waals surface area contributed by atoms with Gasteiger partial charge in [-0.1, -0.05) is 164 Å². The standard InChI is InChI=1S/C47H31N3O/c1-2-13-33(14-3-1)45-48-46(34-26-23-31(24-27-34)36-28-25-30-11-4-5-15-35(30)29-36)50-47(49-45)41-21-10-22-42-43(41)40-20-9-19-39(44(40)51-42)38-18-8-16-32-12-6-7-17-37(32)38/h1-29,46H,(H,48,49,50). The van der Waals surface area contributed by atoms with Crippen LogP contribution in [0.2, 0.25) is 0 Å². The predicted molar refractivity (Wildman–Crippen MR) is 211 cm³/mol. The van der Waals surface area contributed by atoms with Crippen molar-refractivity contribution in [2.24, 2.45) is 9.98 Å². The molecule has 1 aromatic heterocycles. The summed E-state index contributed by atoms with van der Waals surface area (Å²) >= 11 is 0. The van der Waals surface area contributed by atoms with Gasteiger partial charge in [-0.3, -0.25) is 0 Å². The van der Waals surface area contributed by atoms with Crippen molar-refractivity contribution in [1.29, 1.82) is 0 Å². The van der Waals surface area contributed by atoms with Crippen LogP contribution in [0.4, 0.5) is 0 Å². The third-order valence-corrected chi connectivity index (χ3v) is 9.94. The van der Waals surface area contributed by atoms with Gasteiger partial charge in [0.25, 0.3) is 0 Å². The summed E-state index contributed by atoms with van der Waals surface area (Å²) in [7, 11) is 0. The molecule has 2 heterocycles. The van der Waals surface area contributed by atoms with Crippen LogP contribution < -0.4 is 5.32 Å². The molecule has 1 atom stereocenters. The topological polar surface area (TPSA) is 49.9 Å². The van der Waals surface area contributed by atoms with E-state index in [0.717, 1.165) is 61.2 Å². The van der Waals surface area contributed by atoms with Crippen molar-refractivity contribution in [1.82, 2.24) is 5.32 Å². The van der Waals surface area contributed by atoms with E-state index >= 15 is 0 Å². The highest BCUT2D eigenvalue weighted by atomic mass is 16.3. The average molecular weight is 654 g/mol. The van der Waals surface area contributed by atoms with Crippen molar-refractivity contribution in [3.8, 4) is 22.3 Å². The minimum absolute atomic E-state index is 0.335. The number of para-hydroxylation sites is 1. The molecule has 0 aliphatic carbocycles. The smallest absolute Gasteiger partial charge is 0.160 e. The van der Waals surface area contributed by atoms with Gasteiger partial charge in [0.2, 0.25) is 0 Å². The lowest BCUT2D eigenvalue weighted by Crippen LogP contribution is -2.33. The van der Waals surface area contributed by atoms with Crippen LogP contribution in [0.5, 0.6) is 0 Å². The molecule has 0 bridgehead atoms. The van der Waals surface area contributed by atoms with Gasteiger partial charge in [-0.25, -0.2) is 9.98 Å². The number of nitrogens with zero attached hydrogens (tertiary/aromatic N) is 2. The first-order chi connectivity index (χ1) is 25.3. The van der Waals surface area contributed by atoms with Gasteiger partial charge in [-0.15, -0.1) is 0 Å². The minimum atomic E-state index is -0.335. The van der Waals surface area contributed by atoms with Crippen LogP contribution in [0, 0.1) is 0 Å². The third kappa shape index (κ3) is 5.08. The first-order valence-electron chi connectivity index (χ1n) is 17.3. The van der Waals surface area contributed by atoms with E-state index in [1.807, 2.05) is 30.3 Å². The largest absolute Gasteiger partial charge is 0.455 e. The lowest BCUT2D eigenvalue weighted by atomic mass is 9.96. The molecule has 0 amide bonds. The molecule has 0 radical (unpaired) electrons. The van der Waals surface area contributed by atoms with E-state index < -0.39 is 0 Å².